The smallest absolute Gasteiger partial charge is 0.279 e. The van der Waals surface area contributed by atoms with E-state index in [0.717, 1.165) is 11.6 Å². The van der Waals surface area contributed by atoms with Gasteiger partial charge in [0.1, 0.15) is 5.02 Å². The Balaban J connectivity index is 2.41. The van der Waals surface area contributed by atoms with Crippen LogP contribution in [0.5, 0.6) is 0 Å². The molecule has 2 aromatic carbocycles. The number of aryl methyl sites for hydroxylation is 2. The molecule has 116 valence electrons. The first kappa shape index (κ1) is 16.3. The lowest BCUT2D eigenvalue weighted by Crippen LogP contribution is -2.14. The first-order chi connectivity index (χ1) is 10.2. The predicted molar refractivity (Wildman–Crippen MR) is 84.8 cm³/mol. The Morgan fingerprint density at radius 2 is 1.82 bits per heavy atom. The summed E-state index contributed by atoms with van der Waals surface area (Å²) in [4.78, 5) is 10.3. The Hall–Kier alpha value is -2.12. The standard InChI is InChI=1S/C14H13ClN2O4S/c1-9-3-6-14(10(2)7-9)22(20,21)16-11-4-5-12(15)13(8-11)17(18)19/h3-8,16H,1-2H3. The van der Waals surface area contributed by atoms with E-state index >= 15 is 0 Å². The van der Waals surface area contributed by atoms with Gasteiger partial charge >= 0.3 is 0 Å². The summed E-state index contributed by atoms with van der Waals surface area (Å²) in [5.74, 6) is 0. The molecule has 0 atom stereocenters. The third-order valence-electron chi connectivity index (χ3n) is 3.01. The van der Waals surface area contributed by atoms with E-state index in [1.165, 1.54) is 18.2 Å². The predicted octanol–water partition coefficient (Wildman–Crippen LogP) is 3.67. The largest absolute Gasteiger partial charge is 0.289 e. The van der Waals surface area contributed by atoms with Gasteiger partial charge in [-0.3, -0.25) is 14.8 Å². The number of nitro groups is 1. The molecule has 0 fully saturated rings. The fourth-order valence-electron chi connectivity index (χ4n) is 2.03. The molecule has 0 saturated carbocycles. The molecule has 0 radical (unpaired) electrons. The number of nitrogens with zero attached hydrogens (tertiary/aromatic N) is 1. The van der Waals surface area contributed by atoms with Gasteiger partial charge in [0.2, 0.25) is 0 Å². The molecule has 2 aromatic rings. The fourth-order valence-corrected chi connectivity index (χ4v) is 3.49. The maximum Gasteiger partial charge on any atom is 0.289 e. The van der Waals surface area contributed by atoms with Crippen LogP contribution in [0.25, 0.3) is 0 Å². The molecular weight excluding hydrogens is 328 g/mol. The van der Waals surface area contributed by atoms with Crippen LogP contribution in [0.4, 0.5) is 11.4 Å². The lowest BCUT2D eigenvalue weighted by molar-refractivity contribution is -0.384. The van der Waals surface area contributed by atoms with Gasteiger partial charge < -0.3 is 0 Å². The molecule has 0 bridgehead atoms. The molecule has 0 aromatic heterocycles. The SMILES string of the molecule is Cc1ccc(S(=O)(=O)Nc2ccc(Cl)c([N+](=O)[O-])c2)c(C)c1. The highest BCUT2D eigenvalue weighted by Gasteiger charge is 2.19. The van der Waals surface area contributed by atoms with Crippen LogP contribution in [0.15, 0.2) is 41.3 Å². The summed E-state index contributed by atoms with van der Waals surface area (Å²) in [5.41, 5.74) is 1.26. The first-order valence-corrected chi connectivity index (χ1v) is 8.11. The lowest BCUT2D eigenvalue weighted by Gasteiger charge is -2.11. The molecule has 0 amide bonds. The Bertz CT molecular complexity index is 850. The van der Waals surface area contributed by atoms with E-state index in [1.807, 2.05) is 6.92 Å². The van der Waals surface area contributed by atoms with Crippen molar-refractivity contribution >= 4 is 33.0 Å². The highest BCUT2D eigenvalue weighted by atomic mass is 35.5. The number of nitrogens with one attached hydrogen (secondary N) is 1. The van der Waals surface area contributed by atoms with E-state index in [9.17, 15) is 18.5 Å². The van der Waals surface area contributed by atoms with Crippen molar-refractivity contribution in [3.05, 3.63) is 62.7 Å². The van der Waals surface area contributed by atoms with Crippen molar-refractivity contribution in [3.8, 4) is 0 Å². The summed E-state index contributed by atoms with van der Waals surface area (Å²) in [5, 5.41) is 10.8. The van der Waals surface area contributed by atoms with Crippen molar-refractivity contribution in [1.29, 1.82) is 0 Å². The molecule has 8 heteroatoms. The molecule has 0 aliphatic heterocycles. The third kappa shape index (κ3) is 3.37. The summed E-state index contributed by atoms with van der Waals surface area (Å²) in [7, 11) is -3.83. The van der Waals surface area contributed by atoms with Crippen LogP contribution < -0.4 is 4.72 Å². The second-order valence-corrected chi connectivity index (χ2v) is 6.86. The van der Waals surface area contributed by atoms with Gasteiger partial charge in [0.15, 0.2) is 0 Å². The first-order valence-electron chi connectivity index (χ1n) is 6.25. The van der Waals surface area contributed by atoms with Gasteiger partial charge in [-0.25, -0.2) is 8.42 Å². The van der Waals surface area contributed by atoms with E-state index in [-0.39, 0.29) is 21.3 Å². The summed E-state index contributed by atoms with van der Waals surface area (Å²) >= 11 is 5.70. The Labute approximate surface area is 132 Å². The maximum atomic E-state index is 12.4. The van der Waals surface area contributed by atoms with Crippen molar-refractivity contribution < 1.29 is 13.3 Å². The Kier molecular flexibility index (Phi) is 4.39. The summed E-state index contributed by atoms with van der Waals surface area (Å²) < 4.78 is 27.1. The van der Waals surface area contributed by atoms with E-state index < -0.39 is 14.9 Å². The number of sulfonamides is 1. The fraction of sp³-hybridized carbons (Fsp3) is 0.143. The second kappa shape index (κ2) is 5.94. The average Bonchev–Trinajstić information content (AvgIpc) is 2.39. The molecular formula is C14H13ClN2O4S. The number of nitro benzene ring substituents is 1. The molecule has 2 rings (SSSR count). The number of benzene rings is 2. The van der Waals surface area contributed by atoms with Crippen LogP contribution in [-0.2, 0) is 10.0 Å². The molecule has 6 nitrogen and oxygen atoms in total. The van der Waals surface area contributed by atoms with Crippen molar-refractivity contribution in [2.24, 2.45) is 0 Å². The summed E-state index contributed by atoms with van der Waals surface area (Å²) in [6.07, 6.45) is 0. The highest BCUT2D eigenvalue weighted by Crippen LogP contribution is 2.29. The topological polar surface area (TPSA) is 89.3 Å². The van der Waals surface area contributed by atoms with Gasteiger partial charge in [-0.15, -0.1) is 0 Å². The van der Waals surface area contributed by atoms with Gasteiger partial charge in [-0.1, -0.05) is 29.3 Å². The minimum absolute atomic E-state index is 0.0561. The molecule has 0 heterocycles. The number of rotatable bonds is 4. The Morgan fingerprint density at radius 1 is 1.14 bits per heavy atom. The van der Waals surface area contributed by atoms with Crippen LogP contribution in [-0.4, -0.2) is 13.3 Å². The van der Waals surface area contributed by atoms with Crippen molar-refractivity contribution in [2.45, 2.75) is 18.7 Å². The van der Waals surface area contributed by atoms with Gasteiger partial charge in [0.25, 0.3) is 15.7 Å². The van der Waals surface area contributed by atoms with Gasteiger partial charge in [-0.05, 0) is 37.6 Å². The second-order valence-electron chi connectivity index (χ2n) is 4.80. The van der Waals surface area contributed by atoms with E-state index in [0.29, 0.717) is 5.56 Å². The minimum Gasteiger partial charge on any atom is -0.279 e. The van der Waals surface area contributed by atoms with E-state index in [4.69, 9.17) is 11.6 Å². The quantitative estimate of drug-likeness (QED) is 0.679. The zero-order valence-corrected chi connectivity index (χ0v) is 13.4. The van der Waals surface area contributed by atoms with Crippen LogP contribution in [0, 0.1) is 24.0 Å². The van der Waals surface area contributed by atoms with Crippen molar-refractivity contribution in [1.82, 2.24) is 0 Å². The van der Waals surface area contributed by atoms with Crippen molar-refractivity contribution in [2.75, 3.05) is 4.72 Å². The highest BCUT2D eigenvalue weighted by molar-refractivity contribution is 7.92. The van der Waals surface area contributed by atoms with Crippen molar-refractivity contribution in [3.63, 3.8) is 0 Å². The number of hydrogen-bond acceptors (Lipinski definition) is 4. The molecule has 0 aliphatic rings. The zero-order chi connectivity index (χ0) is 16.5. The van der Waals surface area contributed by atoms with E-state index in [2.05, 4.69) is 4.72 Å². The normalized spacial score (nSPS) is 11.2. The van der Waals surface area contributed by atoms with E-state index in [1.54, 1.807) is 19.1 Å². The molecule has 1 N–H and O–H groups in total. The molecule has 0 unspecified atom stereocenters. The summed E-state index contributed by atoms with van der Waals surface area (Å²) in [6, 6.07) is 8.67. The molecule has 0 spiro atoms. The molecule has 22 heavy (non-hydrogen) atoms. The monoisotopic (exact) mass is 340 g/mol. The Morgan fingerprint density at radius 3 is 2.41 bits per heavy atom. The minimum atomic E-state index is -3.83. The van der Waals surface area contributed by atoms with Crippen LogP contribution in [0.3, 0.4) is 0 Å². The third-order valence-corrected chi connectivity index (χ3v) is 4.88. The van der Waals surface area contributed by atoms with Crippen LogP contribution in [0.2, 0.25) is 5.02 Å². The maximum absolute atomic E-state index is 12.4. The molecule has 0 aliphatic carbocycles. The zero-order valence-electron chi connectivity index (χ0n) is 11.8. The number of hydrogen-bond donors (Lipinski definition) is 1. The number of anilines is 1. The number of halogens is 1. The van der Waals surface area contributed by atoms with Gasteiger partial charge in [-0.2, -0.15) is 0 Å². The van der Waals surface area contributed by atoms with Gasteiger partial charge in [0, 0.05) is 6.07 Å². The average molecular weight is 341 g/mol. The summed E-state index contributed by atoms with van der Waals surface area (Å²) in [6.45, 7) is 3.55. The van der Waals surface area contributed by atoms with Gasteiger partial charge in [0.05, 0.1) is 15.5 Å². The molecule has 0 saturated heterocycles. The van der Waals surface area contributed by atoms with Crippen LogP contribution in [0.1, 0.15) is 11.1 Å². The van der Waals surface area contributed by atoms with Crippen LogP contribution >= 0.6 is 11.6 Å². The lowest BCUT2D eigenvalue weighted by atomic mass is 10.2.